The predicted molar refractivity (Wildman–Crippen MR) is 72.0 cm³/mol. The quantitative estimate of drug-likeness (QED) is 0.674. The summed E-state index contributed by atoms with van der Waals surface area (Å²) in [6.45, 7) is 3.14. The van der Waals surface area contributed by atoms with E-state index in [2.05, 4.69) is 6.58 Å². The lowest BCUT2D eigenvalue weighted by atomic mass is 9.95. The molecule has 4 heteroatoms. The first-order chi connectivity index (χ1) is 8.89. The van der Waals surface area contributed by atoms with E-state index in [9.17, 15) is 13.2 Å². The Morgan fingerprint density at radius 1 is 1.00 bits per heavy atom. The van der Waals surface area contributed by atoms with Crippen molar-refractivity contribution in [3.05, 3.63) is 65.7 Å². The molecule has 0 radical (unpaired) electrons. The first-order valence-electron chi connectivity index (χ1n) is 5.51. The molecule has 2 aromatic rings. The van der Waals surface area contributed by atoms with Crippen LogP contribution in [0.4, 0.5) is 13.2 Å². The SMILES string of the molecule is C=C(c1ccc(Cl)cc1-c1ccccc1)C(F)(F)F. The monoisotopic (exact) mass is 282 g/mol. The number of hydrogen-bond acceptors (Lipinski definition) is 0. The highest BCUT2D eigenvalue weighted by Crippen LogP contribution is 2.38. The van der Waals surface area contributed by atoms with E-state index in [0.29, 0.717) is 16.1 Å². The number of allylic oxidation sites excluding steroid dienone is 1. The van der Waals surface area contributed by atoms with Crippen molar-refractivity contribution < 1.29 is 13.2 Å². The van der Waals surface area contributed by atoms with E-state index >= 15 is 0 Å². The Hall–Kier alpha value is -1.74. The molecule has 0 heterocycles. The summed E-state index contributed by atoms with van der Waals surface area (Å²) in [6.07, 6.45) is -4.46. The Kier molecular flexibility index (Phi) is 3.67. The molecule has 0 aliphatic heterocycles. The van der Waals surface area contributed by atoms with E-state index in [1.165, 1.54) is 18.2 Å². The molecular formula is C15H10ClF3. The summed E-state index contributed by atoms with van der Waals surface area (Å²) in [6, 6.07) is 13.1. The average Bonchev–Trinajstić information content (AvgIpc) is 2.38. The van der Waals surface area contributed by atoms with Crippen molar-refractivity contribution in [1.82, 2.24) is 0 Å². The van der Waals surface area contributed by atoms with Crippen molar-refractivity contribution in [1.29, 1.82) is 0 Å². The third-order valence-electron chi connectivity index (χ3n) is 2.73. The minimum atomic E-state index is -4.46. The molecule has 98 valence electrons. The summed E-state index contributed by atoms with van der Waals surface area (Å²) >= 11 is 5.87. The Morgan fingerprint density at radius 3 is 2.21 bits per heavy atom. The van der Waals surface area contributed by atoms with Gasteiger partial charge in [-0.05, 0) is 28.8 Å². The van der Waals surface area contributed by atoms with Crippen LogP contribution in [0.1, 0.15) is 5.56 Å². The van der Waals surface area contributed by atoms with Gasteiger partial charge in [0.2, 0.25) is 0 Å². The van der Waals surface area contributed by atoms with E-state index in [-0.39, 0.29) is 5.56 Å². The fraction of sp³-hybridized carbons (Fsp3) is 0.0667. The van der Waals surface area contributed by atoms with Gasteiger partial charge in [-0.2, -0.15) is 13.2 Å². The Labute approximate surface area is 114 Å². The molecule has 0 unspecified atom stereocenters. The van der Waals surface area contributed by atoms with Crippen molar-refractivity contribution >= 4 is 17.2 Å². The van der Waals surface area contributed by atoms with Gasteiger partial charge in [-0.1, -0.05) is 54.6 Å². The molecule has 0 aromatic heterocycles. The van der Waals surface area contributed by atoms with E-state index in [1.807, 2.05) is 0 Å². The van der Waals surface area contributed by atoms with Gasteiger partial charge >= 0.3 is 6.18 Å². The van der Waals surface area contributed by atoms with Crippen LogP contribution in [-0.2, 0) is 0 Å². The highest BCUT2D eigenvalue weighted by atomic mass is 35.5. The molecule has 0 fully saturated rings. The number of rotatable bonds is 2. The summed E-state index contributed by atoms with van der Waals surface area (Å²) < 4.78 is 38.4. The Bertz CT molecular complexity index is 601. The van der Waals surface area contributed by atoms with Crippen LogP contribution < -0.4 is 0 Å². The number of halogens is 4. The van der Waals surface area contributed by atoms with Crippen LogP contribution >= 0.6 is 11.6 Å². The molecule has 0 aliphatic rings. The summed E-state index contributed by atoms with van der Waals surface area (Å²) in [5.41, 5.74) is 0.270. The molecule has 0 bridgehead atoms. The molecular weight excluding hydrogens is 273 g/mol. The molecule has 0 saturated heterocycles. The fourth-order valence-corrected chi connectivity index (χ4v) is 1.96. The van der Waals surface area contributed by atoms with Gasteiger partial charge in [-0.25, -0.2) is 0 Å². The number of alkyl halides is 3. The molecule has 0 aliphatic carbocycles. The minimum absolute atomic E-state index is 0.0445. The van der Waals surface area contributed by atoms with E-state index in [1.54, 1.807) is 30.3 Å². The van der Waals surface area contributed by atoms with Crippen molar-refractivity contribution in [2.24, 2.45) is 0 Å². The third-order valence-corrected chi connectivity index (χ3v) is 2.97. The van der Waals surface area contributed by atoms with E-state index < -0.39 is 11.7 Å². The van der Waals surface area contributed by atoms with Crippen LogP contribution in [0.3, 0.4) is 0 Å². The lowest BCUT2D eigenvalue weighted by Crippen LogP contribution is -2.10. The third kappa shape index (κ3) is 2.99. The van der Waals surface area contributed by atoms with Crippen LogP contribution in [0, 0.1) is 0 Å². The molecule has 0 nitrogen and oxygen atoms in total. The lowest BCUT2D eigenvalue weighted by Gasteiger charge is -2.15. The minimum Gasteiger partial charge on any atom is -0.166 e. The zero-order valence-electron chi connectivity index (χ0n) is 9.84. The lowest BCUT2D eigenvalue weighted by molar-refractivity contribution is -0.0686. The number of benzene rings is 2. The molecule has 0 N–H and O–H groups in total. The van der Waals surface area contributed by atoms with E-state index in [4.69, 9.17) is 11.6 Å². The zero-order valence-corrected chi connectivity index (χ0v) is 10.6. The van der Waals surface area contributed by atoms with Gasteiger partial charge in [0.25, 0.3) is 0 Å². The van der Waals surface area contributed by atoms with Gasteiger partial charge < -0.3 is 0 Å². The predicted octanol–water partition coefficient (Wildman–Crippen LogP) is 5.58. The van der Waals surface area contributed by atoms with E-state index in [0.717, 1.165) is 0 Å². The van der Waals surface area contributed by atoms with Crippen molar-refractivity contribution in [3.8, 4) is 11.1 Å². The number of hydrogen-bond donors (Lipinski definition) is 0. The maximum Gasteiger partial charge on any atom is 0.416 e. The summed E-state index contributed by atoms with van der Waals surface area (Å²) in [5, 5.41) is 0.387. The summed E-state index contributed by atoms with van der Waals surface area (Å²) in [4.78, 5) is 0. The Balaban J connectivity index is 2.61. The molecule has 0 amide bonds. The average molecular weight is 283 g/mol. The second kappa shape index (κ2) is 5.10. The molecule has 0 saturated carbocycles. The first-order valence-corrected chi connectivity index (χ1v) is 5.89. The maximum absolute atomic E-state index is 12.8. The summed E-state index contributed by atoms with van der Waals surface area (Å²) in [5.74, 6) is 0. The first kappa shape index (κ1) is 13.7. The zero-order chi connectivity index (χ0) is 14.0. The van der Waals surface area contributed by atoms with Gasteiger partial charge in [0.1, 0.15) is 0 Å². The maximum atomic E-state index is 12.8. The van der Waals surface area contributed by atoms with Crippen LogP contribution in [0.2, 0.25) is 5.02 Å². The van der Waals surface area contributed by atoms with Crippen LogP contribution in [0.15, 0.2) is 55.1 Å². The molecule has 0 spiro atoms. The van der Waals surface area contributed by atoms with Crippen molar-refractivity contribution in [2.45, 2.75) is 6.18 Å². The smallest absolute Gasteiger partial charge is 0.166 e. The second-order valence-electron chi connectivity index (χ2n) is 4.03. The highest BCUT2D eigenvalue weighted by molar-refractivity contribution is 6.31. The molecule has 2 aromatic carbocycles. The van der Waals surface area contributed by atoms with Crippen molar-refractivity contribution in [2.75, 3.05) is 0 Å². The Morgan fingerprint density at radius 2 is 1.63 bits per heavy atom. The van der Waals surface area contributed by atoms with Crippen molar-refractivity contribution in [3.63, 3.8) is 0 Å². The fourth-order valence-electron chi connectivity index (χ4n) is 1.79. The topological polar surface area (TPSA) is 0 Å². The van der Waals surface area contributed by atoms with Gasteiger partial charge in [-0.15, -0.1) is 0 Å². The summed E-state index contributed by atoms with van der Waals surface area (Å²) in [7, 11) is 0. The van der Waals surface area contributed by atoms with Crippen LogP contribution in [0.5, 0.6) is 0 Å². The van der Waals surface area contributed by atoms with Gasteiger partial charge in [0.15, 0.2) is 0 Å². The molecule has 2 rings (SSSR count). The van der Waals surface area contributed by atoms with Gasteiger partial charge in [-0.3, -0.25) is 0 Å². The van der Waals surface area contributed by atoms with Gasteiger partial charge in [0, 0.05) is 5.02 Å². The van der Waals surface area contributed by atoms with Gasteiger partial charge in [0.05, 0.1) is 5.57 Å². The standard InChI is InChI=1S/C15H10ClF3/c1-10(15(17,18)19)13-8-7-12(16)9-14(13)11-5-3-2-4-6-11/h2-9H,1H2. The second-order valence-corrected chi connectivity index (χ2v) is 4.47. The highest BCUT2D eigenvalue weighted by Gasteiger charge is 2.34. The molecule has 0 atom stereocenters. The van der Waals surface area contributed by atoms with Crippen LogP contribution in [-0.4, -0.2) is 6.18 Å². The normalized spacial score (nSPS) is 11.4. The molecule has 19 heavy (non-hydrogen) atoms. The van der Waals surface area contributed by atoms with Crippen LogP contribution in [0.25, 0.3) is 16.7 Å². The largest absolute Gasteiger partial charge is 0.416 e.